The first-order chi connectivity index (χ1) is 14.6. The van der Waals surface area contributed by atoms with Gasteiger partial charge >= 0.3 is 0 Å². The van der Waals surface area contributed by atoms with Gasteiger partial charge in [0.25, 0.3) is 5.89 Å². The average Bonchev–Trinajstić information content (AvgIpc) is 3.23. The Balaban J connectivity index is 1.81. The maximum Gasteiger partial charge on any atom is 0.258 e. The van der Waals surface area contributed by atoms with E-state index in [4.69, 9.17) is 4.52 Å². The van der Waals surface area contributed by atoms with Crippen molar-refractivity contribution in [3.63, 3.8) is 0 Å². The predicted molar refractivity (Wildman–Crippen MR) is 117 cm³/mol. The molecule has 4 rings (SSSR count). The molecule has 0 unspecified atom stereocenters. The smallest absolute Gasteiger partial charge is 0.258 e. The number of nitrogens with zero attached hydrogens (tertiary/aromatic N) is 4. The third kappa shape index (κ3) is 3.67. The summed E-state index contributed by atoms with van der Waals surface area (Å²) in [5, 5.41) is 26.4. The standard InChI is InChI=1S/C24H30N4O3/c1-6-16-7-9-18(10-8-16)24(30,23(4)14-28(5)15-23)19-11-17(12-25-13-19)20-26-21(31-27-20)22(2,3)29/h7-13,29-30H,6,14-15H2,1-5H3/t24-/m0/s1. The molecule has 164 valence electrons. The van der Waals surface area contributed by atoms with Gasteiger partial charge < -0.3 is 19.6 Å². The average molecular weight is 423 g/mol. The molecular weight excluding hydrogens is 392 g/mol. The van der Waals surface area contributed by atoms with Crippen LogP contribution in [0, 0.1) is 5.41 Å². The van der Waals surface area contributed by atoms with Gasteiger partial charge in [-0.2, -0.15) is 4.98 Å². The Labute approximate surface area is 182 Å². The minimum Gasteiger partial charge on any atom is -0.381 e. The van der Waals surface area contributed by atoms with Gasteiger partial charge in [0.1, 0.15) is 11.2 Å². The first-order valence-electron chi connectivity index (χ1n) is 10.6. The molecule has 1 fully saturated rings. The van der Waals surface area contributed by atoms with E-state index in [9.17, 15) is 10.2 Å². The normalized spacial score (nSPS) is 18.4. The van der Waals surface area contributed by atoms with Gasteiger partial charge in [0.2, 0.25) is 5.82 Å². The maximum absolute atomic E-state index is 12.2. The van der Waals surface area contributed by atoms with Crippen LogP contribution in [0.15, 0.2) is 47.2 Å². The van der Waals surface area contributed by atoms with E-state index in [0.29, 0.717) is 17.0 Å². The number of aliphatic hydroxyl groups is 2. The molecule has 0 radical (unpaired) electrons. The van der Waals surface area contributed by atoms with E-state index < -0.39 is 11.2 Å². The predicted octanol–water partition coefficient (Wildman–Crippen LogP) is 3.11. The van der Waals surface area contributed by atoms with Crippen LogP contribution in [0.3, 0.4) is 0 Å². The molecule has 1 aromatic carbocycles. The van der Waals surface area contributed by atoms with Crippen LogP contribution in [0.2, 0.25) is 0 Å². The van der Waals surface area contributed by atoms with E-state index in [1.807, 2.05) is 18.2 Å². The number of hydrogen-bond donors (Lipinski definition) is 2. The molecule has 2 aromatic heterocycles. The minimum absolute atomic E-state index is 0.130. The molecule has 3 aromatic rings. The van der Waals surface area contributed by atoms with Crippen LogP contribution in [0.1, 0.15) is 50.3 Å². The first kappa shape index (κ1) is 21.6. The monoisotopic (exact) mass is 422 g/mol. The van der Waals surface area contributed by atoms with Crippen LogP contribution in [-0.2, 0) is 17.6 Å². The van der Waals surface area contributed by atoms with E-state index in [0.717, 1.165) is 25.1 Å². The summed E-state index contributed by atoms with van der Waals surface area (Å²) in [5.41, 5.74) is 0.505. The second kappa shape index (κ2) is 7.51. The molecule has 0 aliphatic carbocycles. The third-order valence-corrected chi connectivity index (χ3v) is 6.25. The Hall–Kier alpha value is -2.61. The molecule has 0 amide bonds. The van der Waals surface area contributed by atoms with Gasteiger partial charge in [-0.05, 0) is 44.5 Å². The fourth-order valence-electron chi connectivity index (χ4n) is 4.57. The minimum atomic E-state index is -1.24. The Morgan fingerprint density at radius 2 is 1.77 bits per heavy atom. The second-order valence-electron chi connectivity index (χ2n) is 9.44. The van der Waals surface area contributed by atoms with E-state index in [-0.39, 0.29) is 11.3 Å². The molecular formula is C24H30N4O3. The third-order valence-electron chi connectivity index (χ3n) is 6.25. The zero-order valence-electron chi connectivity index (χ0n) is 18.8. The van der Waals surface area contributed by atoms with Gasteiger partial charge in [-0.25, -0.2) is 0 Å². The highest BCUT2D eigenvalue weighted by molar-refractivity contribution is 5.56. The van der Waals surface area contributed by atoms with Crippen molar-refractivity contribution < 1.29 is 14.7 Å². The van der Waals surface area contributed by atoms with Crippen molar-refractivity contribution in [1.29, 1.82) is 0 Å². The Morgan fingerprint density at radius 1 is 1.10 bits per heavy atom. The lowest BCUT2D eigenvalue weighted by Crippen LogP contribution is -2.63. The SMILES string of the molecule is CCc1ccc([C@](O)(c2cncc(-c3noc(C(C)(C)O)n3)c2)C2(C)CN(C)C2)cc1. The number of likely N-dealkylation sites (tertiary alicyclic amines) is 1. The molecule has 7 nitrogen and oxygen atoms in total. The summed E-state index contributed by atoms with van der Waals surface area (Å²) in [6.07, 6.45) is 4.28. The van der Waals surface area contributed by atoms with Crippen molar-refractivity contribution in [2.75, 3.05) is 20.1 Å². The topological polar surface area (TPSA) is 95.5 Å². The quantitative estimate of drug-likeness (QED) is 0.630. The second-order valence-corrected chi connectivity index (χ2v) is 9.44. The zero-order valence-corrected chi connectivity index (χ0v) is 18.8. The van der Waals surface area contributed by atoms with Gasteiger partial charge in [0.15, 0.2) is 0 Å². The van der Waals surface area contributed by atoms with Crippen LogP contribution in [0.4, 0.5) is 0 Å². The van der Waals surface area contributed by atoms with E-state index in [1.165, 1.54) is 5.56 Å². The summed E-state index contributed by atoms with van der Waals surface area (Å²) in [6, 6.07) is 10.0. The van der Waals surface area contributed by atoms with Crippen molar-refractivity contribution in [3.8, 4) is 11.4 Å². The maximum atomic E-state index is 12.2. The highest BCUT2D eigenvalue weighted by atomic mass is 16.5. The lowest BCUT2D eigenvalue weighted by molar-refractivity contribution is -0.127. The lowest BCUT2D eigenvalue weighted by atomic mass is 9.62. The molecule has 1 aliphatic heterocycles. The number of hydrogen-bond acceptors (Lipinski definition) is 7. The Kier molecular flexibility index (Phi) is 5.24. The summed E-state index contributed by atoms with van der Waals surface area (Å²) in [5.74, 6) is 0.455. The van der Waals surface area contributed by atoms with Gasteiger partial charge in [-0.3, -0.25) is 4.98 Å². The summed E-state index contributed by atoms with van der Waals surface area (Å²) < 4.78 is 5.22. The van der Waals surface area contributed by atoms with E-state index in [2.05, 4.69) is 53.1 Å². The highest BCUT2D eigenvalue weighted by Crippen LogP contribution is 2.50. The molecule has 7 heteroatoms. The van der Waals surface area contributed by atoms with Gasteiger partial charge in [0, 0.05) is 42.0 Å². The Bertz CT molecular complexity index is 1060. The van der Waals surface area contributed by atoms with Crippen molar-refractivity contribution >= 4 is 0 Å². The molecule has 31 heavy (non-hydrogen) atoms. The molecule has 2 N–H and O–H groups in total. The van der Waals surface area contributed by atoms with Gasteiger partial charge in [-0.15, -0.1) is 0 Å². The van der Waals surface area contributed by atoms with E-state index >= 15 is 0 Å². The molecule has 0 saturated carbocycles. The van der Waals surface area contributed by atoms with Crippen molar-refractivity contribution in [1.82, 2.24) is 20.0 Å². The van der Waals surface area contributed by atoms with Crippen LogP contribution in [0.25, 0.3) is 11.4 Å². The van der Waals surface area contributed by atoms with Crippen LogP contribution >= 0.6 is 0 Å². The van der Waals surface area contributed by atoms with Crippen LogP contribution in [-0.4, -0.2) is 50.4 Å². The summed E-state index contributed by atoms with van der Waals surface area (Å²) in [4.78, 5) is 10.9. The first-order valence-corrected chi connectivity index (χ1v) is 10.6. The fraction of sp³-hybridized carbons (Fsp3) is 0.458. The number of pyridine rings is 1. The number of aromatic nitrogens is 3. The van der Waals surface area contributed by atoms with Crippen molar-refractivity contribution in [3.05, 3.63) is 65.3 Å². The molecule has 0 spiro atoms. The summed E-state index contributed by atoms with van der Waals surface area (Å²) >= 11 is 0. The Morgan fingerprint density at radius 3 is 2.32 bits per heavy atom. The highest BCUT2D eigenvalue weighted by Gasteiger charge is 2.55. The van der Waals surface area contributed by atoms with Crippen LogP contribution < -0.4 is 0 Å². The van der Waals surface area contributed by atoms with Crippen LogP contribution in [0.5, 0.6) is 0 Å². The lowest BCUT2D eigenvalue weighted by Gasteiger charge is -2.55. The molecule has 1 atom stereocenters. The van der Waals surface area contributed by atoms with Crippen molar-refractivity contribution in [2.24, 2.45) is 5.41 Å². The van der Waals surface area contributed by atoms with E-state index in [1.54, 1.807) is 26.2 Å². The van der Waals surface area contributed by atoms with Gasteiger partial charge in [0.05, 0.1) is 0 Å². The number of aryl methyl sites for hydroxylation is 1. The number of rotatable bonds is 6. The van der Waals surface area contributed by atoms with Crippen molar-refractivity contribution in [2.45, 2.75) is 45.3 Å². The largest absolute Gasteiger partial charge is 0.381 e. The fourth-order valence-corrected chi connectivity index (χ4v) is 4.57. The number of benzene rings is 1. The zero-order chi connectivity index (χ0) is 22.4. The van der Waals surface area contributed by atoms with Gasteiger partial charge in [-0.1, -0.05) is 43.3 Å². The molecule has 0 bridgehead atoms. The summed E-state index contributed by atoms with van der Waals surface area (Å²) in [7, 11) is 2.05. The summed E-state index contributed by atoms with van der Waals surface area (Å²) in [6.45, 7) is 8.91. The molecule has 1 saturated heterocycles. The molecule has 3 heterocycles. The molecule has 1 aliphatic rings.